The number of anilines is 2. The van der Waals surface area contributed by atoms with Crippen LogP contribution >= 0.6 is 0 Å². The molecule has 0 amide bonds. The highest BCUT2D eigenvalue weighted by molar-refractivity contribution is 5.71. The number of rotatable bonds is 2. The smallest absolute Gasteiger partial charge is 0.436 e. The maximum Gasteiger partial charge on any atom is 0.436 e. The molecule has 1 aromatic carbocycles. The summed E-state index contributed by atoms with van der Waals surface area (Å²) < 4.78 is 49.7. The van der Waals surface area contributed by atoms with Crippen LogP contribution < -0.4 is 9.64 Å². The van der Waals surface area contributed by atoms with E-state index >= 15 is 0 Å². The third-order valence-corrected chi connectivity index (χ3v) is 5.87. The van der Waals surface area contributed by atoms with Gasteiger partial charge in [-0.25, -0.2) is 0 Å². The predicted molar refractivity (Wildman–Crippen MR) is 91.0 cm³/mol. The minimum atomic E-state index is -4.51. The number of nitrogens with zero attached hydrogens (tertiary/aromatic N) is 2. The number of hydrogen-bond donors (Lipinski definition) is 0. The van der Waals surface area contributed by atoms with Gasteiger partial charge in [0.1, 0.15) is 12.0 Å². The quantitative estimate of drug-likeness (QED) is 0.734. The van der Waals surface area contributed by atoms with Crippen LogP contribution in [-0.2, 0) is 12.6 Å². The molecule has 0 N–H and O–H groups in total. The third-order valence-electron chi connectivity index (χ3n) is 5.87. The predicted octanol–water partition coefficient (Wildman–Crippen LogP) is 5.18. The minimum absolute atomic E-state index is 0.0113. The molecule has 1 saturated carbocycles. The Hall–Kier alpha value is -2.18. The van der Waals surface area contributed by atoms with Crippen molar-refractivity contribution >= 4 is 11.7 Å². The molecule has 1 fully saturated rings. The average molecular weight is 366 g/mol. The molecule has 1 aliphatic carbocycles. The van der Waals surface area contributed by atoms with E-state index in [1.165, 1.54) is 0 Å². The molecular formula is C19H21F3N2O2. The third kappa shape index (κ3) is 2.56. The van der Waals surface area contributed by atoms with E-state index in [9.17, 15) is 13.2 Å². The second kappa shape index (κ2) is 5.66. The standard InChI is InChI=1S/C19H21F3N2O2/c1-11-12(2)16-13(7-14(11)25-3)8-18(5-4-6-18)10-24(16)17-23-15(9-26-17)19(20,21)22/h7,9H,4-6,8,10H2,1-3H3. The van der Waals surface area contributed by atoms with E-state index in [4.69, 9.17) is 9.15 Å². The van der Waals surface area contributed by atoms with Crippen LogP contribution in [0, 0.1) is 19.3 Å². The zero-order chi connectivity index (χ0) is 18.7. The van der Waals surface area contributed by atoms with Crippen molar-refractivity contribution in [2.24, 2.45) is 5.41 Å². The average Bonchev–Trinajstić information content (AvgIpc) is 3.05. The van der Waals surface area contributed by atoms with E-state index < -0.39 is 11.9 Å². The Morgan fingerprint density at radius 3 is 2.50 bits per heavy atom. The van der Waals surface area contributed by atoms with Gasteiger partial charge in [0.05, 0.1) is 12.8 Å². The van der Waals surface area contributed by atoms with Gasteiger partial charge in [0.25, 0.3) is 0 Å². The Morgan fingerprint density at radius 2 is 1.96 bits per heavy atom. The van der Waals surface area contributed by atoms with Crippen LogP contribution in [0.25, 0.3) is 0 Å². The van der Waals surface area contributed by atoms with Crippen molar-refractivity contribution in [3.63, 3.8) is 0 Å². The lowest BCUT2D eigenvalue weighted by atomic mass is 9.63. The lowest BCUT2D eigenvalue weighted by Crippen LogP contribution is -2.46. The summed E-state index contributed by atoms with van der Waals surface area (Å²) in [7, 11) is 1.64. The molecule has 2 aliphatic rings. The molecule has 26 heavy (non-hydrogen) atoms. The van der Waals surface area contributed by atoms with E-state index in [2.05, 4.69) is 4.98 Å². The van der Waals surface area contributed by atoms with Gasteiger partial charge in [-0.2, -0.15) is 18.2 Å². The number of ether oxygens (including phenoxy) is 1. The molecule has 4 nitrogen and oxygen atoms in total. The molecule has 1 aromatic heterocycles. The summed E-state index contributed by atoms with van der Waals surface area (Å²) >= 11 is 0. The van der Waals surface area contributed by atoms with E-state index in [0.717, 1.165) is 53.8 Å². The van der Waals surface area contributed by atoms with Crippen LogP contribution in [0.5, 0.6) is 5.75 Å². The first-order chi connectivity index (χ1) is 12.2. The lowest BCUT2D eigenvalue weighted by molar-refractivity contribution is -0.141. The largest absolute Gasteiger partial charge is 0.496 e. The van der Waals surface area contributed by atoms with Gasteiger partial charge in [0.2, 0.25) is 0 Å². The van der Waals surface area contributed by atoms with E-state index in [1.54, 1.807) is 7.11 Å². The Balaban J connectivity index is 1.85. The molecule has 2 aromatic rings. The van der Waals surface area contributed by atoms with Crippen LogP contribution in [0.15, 0.2) is 16.7 Å². The zero-order valence-electron chi connectivity index (χ0n) is 15.0. The molecule has 0 bridgehead atoms. The van der Waals surface area contributed by atoms with E-state index in [1.807, 2.05) is 24.8 Å². The number of alkyl halides is 3. The Bertz CT molecular complexity index is 853. The topological polar surface area (TPSA) is 38.5 Å². The van der Waals surface area contributed by atoms with Crippen molar-refractivity contribution in [2.75, 3.05) is 18.6 Å². The first-order valence-corrected chi connectivity index (χ1v) is 8.71. The number of hydrogen-bond acceptors (Lipinski definition) is 4. The Kier molecular flexibility index (Phi) is 3.75. The first kappa shape index (κ1) is 17.2. The maximum absolute atomic E-state index is 13.0. The highest BCUT2D eigenvalue weighted by Crippen LogP contribution is 2.53. The number of aromatic nitrogens is 1. The molecule has 4 rings (SSSR count). The first-order valence-electron chi connectivity index (χ1n) is 8.71. The van der Waals surface area contributed by atoms with Gasteiger partial charge in [-0.15, -0.1) is 0 Å². The number of methoxy groups -OCH3 is 1. The van der Waals surface area contributed by atoms with Crippen molar-refractivity contribution < 1.29 is 22.3 Å². The molecule has 1 spiro atoms. The molecule has 1 aliphatic heterocycles. The summed E-state index contributed by atoms with van der Waals surface area (Å²) in [5, 5.41) is 0. The molecule has 2 heterocycles. The van der Waals surface area contributed by atoms with Crippen LogP contribution in [0.1, 0.15) is 41.6 Å². The van der Waals surface area contributed by atoms with Gasteiger partial charge in [-0.05, 0) is 61.3 Å². The van der Waals surface area contributed by atoms with Crippen molar-refractivity contribution in [3.8, 4) is 5.75 Å². The maximum atomic E-state index is 13.0. The van der Waals surface area contributed by atoms with E-state index in [0.29, 0.717) is 12.8 Å². The summed E-state index contributed by atoms with van der Waals surface area (Å²) in [6.45, 7) is 4.55. The van der Waals surface area contributed by atoms with Gasteiger partial charge < -0.3 is 9.15 Å². The molecule has 0 radical (unpaired) electrons. The monoisotopic (exact) mass is 366 g/mol. The summed E-state index contributed by atoms with van der Waals surface area (Å²) in [6, 6.07) is 2.02. The summed E-state index contributed by atoms with van der Waals surface area (Å²) in [4.78, 5) is 5.57. The Morgan fingerprint density at radius 1 is 1.23 bits per heavy atom. The summed E-state index contributed by atoms with van der Waals surface area (Å²) in [6.07, 6.45) is 0.353. The van der Waals surface area contributed by atoms with Gasteiger partial charge in [0, 0.05) is 6.54 Å². The van der Waals surface area contributed by atoms with Gasteiger partial charge in [-0.1, -0.05) is 6.42 Å². The molecular weight excluding hydrogens is 345 g/mol. The number of benzene rings is 1. The van der Waals surface area contributed by atoms with Gasteiger partial charge in [0.15, 0.2) is 5.69 Å². The highest BCUT2D eigenvalue weighted by atomic mass is 19.4. The van der Waals surface area contributed by atoms with Gasteiger partial charge in [-0.3, -0.25) is 4.90 Å². The fourth-order valence-corrected chi connectivity index (χ4v) is 4.23. The van der Waals surface area contributed by atoms with Gasteiger partial charge >= 0.3 is 12.2 Å². The second-order valence-electron chi connectivity index (χ2n) is 7.47. The van der Waals surface area contributed by atoms with Crippen LogP contribution in [0.2, 0.25) is 0 Å². The van der Waals surface area contributed by atoms with Crippen molar-refractivity contribution in [3.05, 3.63) is 34.7 Å². The van der Waals surface area contributed by atoms with Crippen LogP contribution in [-0.4, -0.2) is 18.6 Å². The molecule has 140 valence electrons. The molecule has 7 heteroatoms. The SMILES string of the molecule is COc1cc2c(c(C)c1C)N(c1nc(C(F)(F)F)co1)CC1(CCC1)C2. The van der Waals surface area contributed by atoms with Crippen LogP contribution in [0.3, 0.4) is 0 Å². The van der Waals surface area contributed by atoms with Crippen molar-refractivity contribution in [2.45, 2.75) is 45.7 Å². The highest BCUT2D eigenvalue weighted by Gasteiger charge is 2.45. The van der Waals surface area contributed by atoms with Crippen LogP contribution in [0.4, 0.5) is 24.9 Å². The Labute approximate surface area is 150 Å². The van der Waals surface area contributed by atoms with Crippen molar-refractivity contribution in [1.82, 2.24) is 4.98 Å². The second-order valence-corrected chi connectivity index (χ2v) is 7.47. The summed E-state index contributed by atoms with van der Waals surface area (Å²) in [5.74, 6) is 0.806. The lowest BCUT2D eigenvalue weighted by Gasteiger charge is -2.49. The molecule has 0 atom stereocenters. The molecule has 0 saturated heterocycles. The normalized spacial score (nSPS) is 18.6. The number of fused-ring (bicyclic) bond motifs is 1. The fraction of sp³-hybridized carbons (Fsp3) is 0.526. The van der Waals surface area contributed by atoms with E-state index in [-0.39, 0.29) is 11.4 Å². The zero-order valence-corrected chi connectivity index (χ0v) is 15.0. The number of oxazole rings is 1. The number of halogens is 3. The van der Waals surface area contributed by atoms with Crippen molar-refractivity contribution in [1.29, 1.82) is 0 Å². The molecule has 0 unspecified atom stereocenters. The minimum Gasteiger partial charge on any atom is -0.496 e. The fourth-order valence-electron chi connectivity index (χ4n) is 4.23. The summed E-state index contributed by atoms with van der Waals surface area (Å²) in [5.41, 5.74) is 3.03.